The third-order valence-corrected chi connectivity index (χ3v) is 9.01. The molecule has 18 heteroatoms. The highest BCUT2D eigenvalue weighted by molar-refractivity contribution is 5.91. The topological polar surface area (TPSA) is 229 Å². The fourth-order valence-electron chi connectivity index (χ4n) is 6.50. The van der Waals surface area contributed by atoms with Crippen LogP contribution in [0.1, 0.15) is 58.6 Å². The number of benzene rings is 2. The predicted octanol–water partition coefficient (Wildman–Crippen LogP) is 1.85. The Labute approximate surface area is 329 Å². The Bertz CT molecular complexity index is 1740. The number of amides is 3. The Balaban J connectivity index is 1.52. The average molecular weight is 800 g/mol. The van der Waals surface area contributed by atoms with Gasteiger partial charge >= 0.3 is 30.0 Å². The first-order valence-electron chi connectivity index (χ1n) is 18.3. The number of ether oxygens (including phenoxy) is 8. The summed E-state index contributed by atoms with van der Waals surface area (Å²) in [4.78, 5) is 89.7. The van der Waals surface area contributed by atoms with Crippen molar-refractivity contribution >= 4 is 41.8 Å². The molecule has 1 heterocycles. The summed E-state index contributed by atoms with van der Waals surface area (Å²) in [5.41, 5.74) is 4.09. The highest BCUT2D eigenvalue weighted by Gasteiger charge is 2.55. The molecule has 0 bridgehead atoms. The third-order valence-electron chi connectivity index (χ3n) is 9.01. The summed E-state index contributed by atoms with van der Waals surface area (Å²) < 4.78 is 43.4. The molecule has 310 valence electrons. The second-order valence-corrected chi connectivity index (χ2v) is 13.4. The van der Waals surface area contributed by atoms with E-state index in [4.69, 9.17) is 37.9 Å². The van der Waals surface area contributed by atoms with E-state index in [1.54, 1.807) is 20.8 Å². The Morgan fingerprint density at radius 3 is 1.86 bits per heavy atom. The van der Waals surface area contributed by atoms with Crippen molar-refractivity contribution in [2.75, 3.05) is 33.7 Å². The lowest BCUT2D eigenvalue weighted by atomic mass is 9.97. The molecule has 0 spiro atoms. The summed E-state index contributed by atoms with van der Waals surface area (Å²) in [7, 11) is 1.03. The van der Waals surface area contributed by atoms with E-state index in [-0.39, 0.29) is 25.9 Å². The molecule has 3 amide bonds. The number of alkyl carbamates (subject to hydrolysis) is 1. The quantitative estimate of drug-likeness (QED) is 0.0898. The standard InChI is InChI=1S/C39H49N3O15/c1-8-51-19-40-35(46)29(18-52-38-34(56-23(6)45)32(55-22(5)44)31(54-21(4)43)33(57-38)37(48)50-7)41-36(47)30(20(2)3)42-39(49)53-17-28-26-15-11-9-13-24(26)25-14-10-12-16-27(25)28/h9-16,20,28-34,38H,8,17-19H2,1-7H3,(H,40,46)(H,41,47)(H,42,49)/t29-,30-,31-,32-,33-,34+,38+/m0/s1. The zero-order valence-corrected chi connectivity index (χ0v) is 32.8. The van der Waals surface area contributed by atoms with Gasteiger partial charge < -0.3 is 53.8 Å². The van der Waals surface area contributed by atoms with Crippen LogP contribution in [-0.4, -0.2) is 118 Å². The zero-order valence-electron chi connectivity index (χ0n) is 32.8. The maximum Gasteiger partial charge on any atom is 0.407 e. The van der Waals surface area contributed by atoms with E-state index < -0.39 is 97.1 Å². The molecule has 2 aliphatic rings. The van der Waals surface area contributed by atoms with Crippen molar-refractivity contribution in [3.63, 3.8) is 0 Å². The molecule has 18 nitrogen and oxygen atoms in total. The van der Waals surface area contributed by atoms with E-state index in [2.05, 4.69) is 16.0 Å². The van der Waals surface area contributed by atoms with Gasteiger partial charge in [-0.15, -0.1) is 0 Å². The Morgan fingerprint density at radius 1 is 0.754 bits per heavy atom. The van der Waals surface area contributed by atoms with Crippen LogP contribution in [0, 0.1) is 5.92 Å². The normalized spacial score (nSPS) is 20.8. The van der Waals surface area contributed by atoms with Crippen LogP contribution in [0.15, 0.2) is 48.5 Å². The molecule has 0 saturated carbocycles. The van der Waals surface area contributed by atoms with Crippen molar-refractivity contribution in [3.8, 4) is 11.1 Å². The number of hydrogen-bond donors (Lipinski definition) is 3. The van der Waals surface area contributed by atoms with E-state index >= 15 is 0 Å². The molecular formula is C39H49N3O15. The zero-order chi connectivity index (χ0) is 41.8. The molecule has 4 rings (SSSR count). The lowest BCUT2D eigenvalue weighted by molar-refractivity contribution is -0.302. The number of carbonyl (C=O) groups is 7. The summed E-state index contributed by atoms with van der Waals surface area (Å²) in [6, 6.07) is 12.9. The van der Waals surface area contributed by atoms with Crippen molar-refractivity contribution in [2.45, 2.75) is 90.2 Å². The first-order chi connectivity index (χ1) is 27.2. The molecule has 1 saturated heterocycles. The second-order valence-electron chi connectivity index (χ2n) is 13.4. The second kappa shape index (κ2) is 20.5. The van der Waals surface area contributed by atoms with Gasteiger partial charge in [0.15, 0.2) is 30.7 Å². The van der Waals surface area contributed by atoms with E-state index in [9.17, 15) is 33.6 Å². The first kappa shape index (κ1) is 44.1. The summed E-state index contributed by atoms with van der Waals surface area (Å²) in [6.07, 6.45) is -9.33. The molecule has 1 aliphatic heterocycles. The molecule has 2 aromatic carbocycles. The van der Waals surface area contributed by atoms with Crippen molar-refractivity contribution in [1.82, 2.24) is 16.0 Å². The van der Waals surface area contributed by atoms with Crippen molar-refractivity contribution < 1.29 is 71.5 Å². The minimum absolute atomic E-state index is 0.00724. The highest BCUT2D eigenvalue weighted by atomic mass is 16.7. The maximum atomic E-state index is 13.8. The molecular weight excluding hydrogens is 750 g/mol. The number of fused-ring (bicyclic) bond motifs is 3. The van der Waals surface area contributed by atoms with Gasteiger partial charge in [-0.3, -0.25) is 24.0 Å². The van der Waals surface area contributed by atoms with Crippen LogP contribution in [0.5, 0.6) is 0 Å². The lowest BCUT2D eigenvalue weighted by Crippen LogP contribution is -2.64. The van der Waals surface area contributed by atoms with Crippen LogP contribution in [0.3, 0.4) is 0 Å². The number of rotatable bonds is 17. The fraction of sp³-hybridized carbons (Fsp3) is 0.513. The maximum absolute atomic E-state index is 13.8. The van der Waals surface area contributed by atoms with Gasteiger partial charge in [-0.25, -0.2) is 9.59 Å². The summed E-state index contributed by atoms with van der Waals surface area (Å²) in [5.74, 6) is -6.07. The molecule has 57 heavy (non-hydrogen) atoms. The summed E-state index contributed by atoms with van der Waals surface area (Å²) >= 11 is 0. The van der Waals surface area contributed by atoms with E-state index in [0.29, 0.717) is 0 Å². The number of nitrogens with one attached hydrogen (secondary N) is 3. The minimum Gasteiger partial charge on any atom is -0.467 e. The van der Waals surface area contributed by atoms with Gasteiger partial charge in [0, 0.05) is 33.3 Å². The Hall–Kier alpha value is -5.59. The van der Waals surface area contributed by atoms with Crippen LogP contribution >= 0.6 is 0 Å². The van der Waals surface area contributed by atoms with E-state index in [1.807, 2.05) is 48.5 Å². The summed E-state index contributed by atoms with van der Waals surface area (Å²) in [6.45, 7) is 7.46. The molecule has 3 N–H and O–H groups in total. The Kier molecular flexibility index (Phi) is 15.9. The van der Waals surface area contributed by atoms with E-state index in [1.165, 1.54) is 0 Å². The van der Waals surface area contributed by atoms with Gasteiger partial charge in [-0.2, -0.15) is 0 Å². The highest BCUT2D eigenvalue weighted by Crippen LogP contribution is 2.44. The molecule has 0 aromatic heterocycles. The Morgan fingerprint density at radius 2 is 1.32 bits per heavy atom. The van der Waals surface area contributed by atoms with Crippen LogP contribution in [0.2, 0.25) is 0 Å². The van der Waals surface area contributed by atoms with Gasteiger partial charge in [-0.05, 0) is 35.1 Å². The predicted molar refractivity (Wildman–Crippen MR) is 197 cm³/mol. The minimum atomic E-state index is -1.76. The molecule has 1 fully saturated rings. The molecule has 1 aliphatic carbocycles. The van der Waals surface area contributed by atoms with Gasteiger partial charge in [0.2, 0.25) is 11.8 Å². The number of hydrogen-bond acceptors (Lipinski definition) is 15. The van der Waals surface area contributed by atoms with Crippen LogP contribution in [0.25, 0.3) is 11.1 Å². The van der Waals surface area contributed by atoms with Gasteiger partial charge in [0.1, 0.15) is 25.4 Å². The van der Waals surface area contributed by atoms with Crippen molar-refractivity contribution in [3.05, 3.63) is 59.7 Å². The van der Waals surface area contributed by atoms with Crippen LogP contribution in [-0.2, 0) is 66.7 Å². The number of carbonyl (C=O) groups excluding carboxylic acids is 7. The first-order valence-corrected chi connectivity index (χ1v) is 18.3. The molecule has 7 atom stereocenters. The number of esters is 4. The van der Waals surface area contributed by atoms with Crippen LogP contribution < -0.4 is 16.0 Å². The smallest absolute Gasteiger partial charge is 0.407 e. The van der Waals surface area contributed by atoms with E-state index in [0.717, 1.165) is 50.1 Å². The largest absolute Gasteiger partial charge is 0.467 e. The van der Waals surface area contributed by atoms with Gasteiger partial charge in [0.25, 0.3) is 0 Å². The van der Waals surface area contributed by atoms with Gasteiger partial charge in [0.05, 0.1) is 13.7 Å². The third kappa shape index (κ3) is 11.5. The SMILES string of the molecule is CCOCNC(=O)[C@H](CO[C@@H]1O[C@H](C(=O)OC)[C@@H](OC(C)=O)[C@H](OC(C)=O)[C@H]1OC(C)=O)NC(=O)[C@@H](NC(=O)OCC1c2ccccc2-c2ccccc21)C(C)C. The lowest BCUT2D eigenvalue weighted by Gasteiger charge is -2.43. The van der Waals surface area contributed by atoms with Crippen molar-refractivity contribution in [2.24, 2.45) is 5.92 Å². The summed E-state index contributed by atoms with van der Waals surface area (Å²) in [5, 5.41) is 7.66. The van der Waals surface area contributed by atoms with Gasteiger partial charge in [-0.1, -0.05) is 62.4 Å². The molecule has 2 aromatic rings. The number of methoxy groups -OCH3 is 1. The van der Waals surface area contributed by atoms with Crippen molar-refractivity contribution in [1.29, 1.82) is 0 Å². The van der Waals surface area contributed by atoms with Crippen LogP contribution in [0.4, 0.5) is 4.79 Å². The monoisotopic (exact) mass is 799 g/mol. The molecule has 0 radical (unpaired) electrons. The fourth-order valence-corrected chi connectivity index (χ4v) is 6.50. The average Bonchev–Trinajstić information content (AvgIpc) is 3.48. The molecule has 0 unspecified atom stereocenters.